The zero-order chi connectivity index (χ0) is 17.8. The van der Waals surface area contributed by atoms with Crippen LogP contribution in [-0.4, -0.2) is 22.0 Å². The van der Waals surface area contributed by atoms with Crippen LogP contribution in [-0.2, 0) is 4.79 Å². The van der Waals surface area contributed by atoms with E-state index < -0.39 is 17.5 Å². The zero-order valence-electron chi connectivity index (χ0n) is 13.0. The summed E-state index contributed by atoms with van der Waals surface area (Å²) < 4.78 is 5.82. The molecule has 2 N–H and O–H groups in total. The van der Waals surface area contributed by atoms with Gasteiger partial charge in [-0.15, -0.1) is 0 Å². The number of carboxylic acid groups (broad SMARTS) is 1. The largest absolute Gasteiger partial charge is 0.507 e. The van der Waals surface area contributed by atoms with Crippen LogP contribution in [0.2, 0.25) is 0 Å². The molecule has 0 aliphatic carbocycles. The molecule has 25 heavy (non-hydrogen) atoms. The van der Waals surface area contributed by atoms with Crippen molar-refractivity contribution >= 4 is 11.8 Å². The maximum Gasteiger partial charge on any atom is 0.377 e. The monoisotopic (exact) mass is 334 g/mol. The third-order valence-corrected chi connectivity index (χ3v) is 3.61. The minimum Gasteiger partial charge on any atom is -0.507 e. The van der Waals surface area contributed by atoms with Gasteiger partial charge in [-0.3, -0.25) is 4.79 Å². The average molecular weight is 334 g/mol. The summed E-state index contributed by atoms with van der Waals surface area (Å²) in [5.41, 5.74) is 1.56. The number of ether oxygens (including phenoxy) is 1. The highest BCUT2D eigenvalue weighted by Crippen LogP contribution is 2.34. The van der Waals surface area contributed by atoms with Crippen LogP contribution in [0.4, 0.5) is 0 Å². The number of ketones is 1. The van der Waals surface area contributed by atoms with Crippen molar-refractivity contribution < 1.29 is 24.5 Å². The Balaban J connectivity index is 1.93. The lowest BCUT2D eigenvalue weighted by Gasteiger charge is -2.12. The minimum atomic E-state index is -1.63. The number of aliphatic carboxylic acids is 1. The molecule has 0 atom stereocenters. The molecule has 0 unspecified atom stereocenters. The topological polar surface area (TPSA) is 83.8 Å². The Kier molecular flexibility index (Phi) is 4.48. The Morgan fingerprint density at radius 2 is 1.52 bits per heavy atom. The van der Waals surface area contributed by atoms with E-state index in [9.17, 15) is 14.7 Å². The van der Waals surface area contributed by atoms with Gasteiger partial charge in [-0.1, -0.05) is 48.5 Å². The van der Waals surface area contributed by atoms with E-state index in [1.54, 1.807) is 6.07 Å². The molecule has 0 saturated carbocycles. The number of hydrogen-bond donors (Lipinski definition) is 2. The van der Waals surface area contributed by atoms with Crippen molar-refractivity contribution in [3.8, 4) is 28.4 Å². The maximum atomic E-state index is 11.5. The first-order valence-corrected chi connectivity index (χ1v) is 7.49. The van der Waals surface area contributed by atoms with Crippen molar-refractivity contribution in [1.29, 1.82) is 0 Å². The van der Waals surface area contributed by atoms with Crippen LogP contribution in [0.5, 0.6) is 17.2 Å². The Bertz CT molecular complexity index is 932. The van der Waals surface area contributed by atoms with Crippen LogP contribution in [0, 0.1) is 0 Å². The molecule has 0 saturated heterocycles. The number of hydrogen-bond acceptors (Lipinski definition) is 4. The van der Waals surface area contributed by atoms with Gasteiger partial charge in [0, 0.05) is 11.6 Å². The lowest BCUT2D eigenvalue weighted by molar-refractivity contribution is -0.131. The number of carboxylic acids is 1. The summed E-state index contributed by atoms with van der Waals surface area (Å²) in [4.78, 5) is 22.2. The quantitative estimate of drug-likeness (QED) is 0.542. The van der Waals surface area contributed by atoms with Crippen LogP contribution in [0.3, 0.4) is 0 Å². The van der Waals surface area contributed by atoms with Gasteiger partial charge in [0.25, 0.3) is 5.78 Å². The van der Waals surface area contributed by atoms with Crippen molar-refractivity contribution in [1.82, 2.24) is 0 Å². The molecule has 0 fully saturated rings. The summed E-state index contributed by atoms with van der Waals surface area (Å²) in [6.07, 6.45) is 0. The number of phenolic OH excluding ortho intramolecular Hbond substituents is 1. The highest BCUT2D eigenvalue weighted by atomic mass is 16.5. The molecule has 0 radical (unpaired) electrons. The van der Waals surface area contributed by atoms with Crippen LogP contribution in [0.1, 0.15) is 10.4 Å². The van der Waals surface area contributed by atoms with Crippen molar-refractivity contribution in [3.05, 3.63) is 78.4 Å². The fourth-order valence-electron chi connectivity index (χ4n) is 2.42. The molecular formula is C20H14O5. The highest BCUT2D eigenvalue weighted by Gasteiger charge is 2.19. The van der Waals surface area contributed by atoms with E-state index in [-0.39, 0.29) is 5.56 Å². The Morgan fingerprint density at radius 1 is 0.840 bits per heavy atom. The van der Waals surface area contributed by atoms with Gasteiger partial charge in [0.1, 0.15) is 17.2 Å². The number of carbonyl (C=O) groups excluding carboxylic acids is 1. The SMILES string of the molecule is O=C(O)C(=O)c1ccc(Oc2ccccc2-c2ccccc2)cc1O. The first-order valence-electron chi connectivity index (χ1n) is 7.49. The number of rotatable bonds is 5. The first kappa shape index (κ1) is 16.3. The predicted octanol–water partition coefficient (Wildman–Crippen LogP) is 4.12. The molecule has 5 heteroatoms. The summed E-state index contributed by atoms with van der Waals surface area (Å²) in [5, 5.41) is 18.6. The van der Waals surface area contributed by atoms with E-state index in [1.807, 2.05) is 48.5 Å². The van der Waals surface area contributed by atoms with Crippen molar-refractivity contribution in [2.24, 2.45) is 0 Å². The summed E-state index contributed by atoms with van der Waals surface area (Å²) in [6, 6.07) is 21.0. The second-order valence-corrected chi connectivity index (χ2v) is 5.28. The number of para-hydroxylation sites is 1. The van der Waals surface area contributed by atoms with E-state index in [0.29, 0.717) is 11.5 Å². The summed E-state index contributed by atoms with van der Waals surface area (Å²) in [5.74, 6) is -2.37. The van der Waals surface area contributed by atoms with Gasteiger partial charge < -0.3 is 14.9 Å². The van der Waals surface area contributed by atoms with E-state index in [2.05, 4.69) is 0 Å². The van der Waals surface area contributed by atoms with Crippen molar-refractivity contribution in [2.45, 2.75) is 0 Å². The second-order valence-electron chi connectivity index (χ2n) is 5.28. The molecule has 3 aromatic carbocycles. The normalized spacial score (nSPS) is 10.2. The van der Waals surface area contributed by atoms with E-state index >= 15 is 0 Å². The number of benzene rings is 3. The molecule has 3 aromatic rings. The van der Waals surface area contributed by atoms with Crippen molar-refractivity contribution in [3.63, 3.8) is 0 Å². The summed E-state index contributed by atoms with van der Waals surface area (Å²) >= 11 is 0. The summed E-state index contributed by atoms with van der Waals surface area (Å²) in [7, 11) is 0. The second kappa shape index (κ2) is 6.88. The van der Waals surface area contributed by atoms with Gasteiger partial charge in [-0.05, 0) is 23.8 Å². The Hall–Kier alpha value is -3.60. The Morgan fingerprint density at radius 3 is 2.20 bits per heavy atom. The fourth-order valence-corrected chi connectivity index (χ4v) is 2.42. The number of phenols is 1. The molecule has 0 aromatic heterocycles. The smallest absolute Gasteiger partial charge is 0.377 e. The van der Waals surface area contributed by atoms with Gasteiger partial charge in [-0.25, -0.2) is 4.79 Å². The standard InChI is InChI=1S/C20H14O5/c21-17-12-14(10-11-16(17)19(22)20(23)24)25-18-9-5-4-8-15(18)13-6-2-1-3-7-13/h1-12,21H,(H,23,24). The molecule has 0 spiro atoms. The van der Waals surface area contributed by atoms with Crippen LogP contribution in [0.15, 0.2) is 72.8 Å². The van der Waals surface area contributed by atoms with Crippen molar-refractivity contribution in [2.75, 3.05) is 0 Å². The number of carbonyl (C=O) groups is 2. The molecule has 124 valence electrons. The van der Waals surface area contributed by atoms with Crippen LogP contribution >= 0.6 is 0 Å². The molecular weight excluding hydrogens is 320 g/mol. The zero-order valence-corrected chi connectivity index (χ0v) is 13.0. The van der Waals surface area contributed by atoms with Gasteiger partial charge in [-0.2, -0.15) is 0 Å². The molecule has 0 aliphatic heterocycles. The number of aromatic hydroxyl groups is 1. The lowest BCUT2D eigenvalue weighted by atomic mass is 10.0. The predicted molar refractivity (Wildman–Crippen MR) is 92.0 cm³/mol. The molecule has 0 amide bonds. The third-order valence-electron chi connectivity index (χ3n) is 3.61. The molecule has 3 rings (SSSR count). The summed E-state index contributed by atoms with van der Waals surface area (Å²) in [6.45, 7) is 0. The van der Waals surface area contributed by atoms with Gasteiger partial charge in [0.2, 0.25) is 0 Å². The lowest BCUT2D eigenvalue weighted by Crippen LogP contribution is -2.12. The number of Topliss-reactive ketones (excluding diaryl/α,β-unsaturated/α-hetero) is 1. The molecule has 0 bridgehead atoms. The molecule has 0 heterocycles. The van der Waals surface area contributed by atoms with Gasteiger partial charge >= 0.3 is 5.97 Å². The third kappa shape index (κ3) is 3.50. The minimum absolute atomic E-state index is 0.281. The fraction of sp³-hybridized carbons (Fsp3) is 0. The van der Waals surface area contributed by atoms with Gasteiger partial charge in [0.15, 0.2) is 0 Å². The average Bonchev–Trinajstić information content (AvgIpc) is 2.62. The molecule has 0 aliphatic rings. The maximum absolute atomic E-state index is 11.5. The van der Waals surface area contributed by atoms with E-state index in [4.69, 9.17) is 9.84 Å². The van der Waals surface area contributed by atoms with E-state index in [0.717, 1.165) is 11.1 Å². The first-order chi connectivity index (χ1) is 12.1. The van der Waals surface area contributed by atoms with E-state index in [1.165, 1.54) is 18.2 Å². The van der Waals surface area contributed by atoms with Gasteiger partial charge in [0.05, 0.1) is 5.56 Å². The van der Waals surface area contributed by atoms with Crippen LogP contribution < -0.4 is 4.74 Å². The Labute approximate surface area is 143 Å². The highest BCUT2D eigenvalue weighted by molar-refractivity contribution is 6.40. The molecule has 5 nitrogen and oxygen atoms in total. The van der Waals surface area contributed by atoms with Crippen LogP contribution in [0.25, 0.3) is 11.1 Å².